The molecule has 0 atom stereocenters. The molecule has 8 heteroatoms. The second kappa shape index (κ2) is 5.39. The quantitative estimate of drug-likeness (QED) is 0.771. The summed E-state index contributed by atoms with van der Waals surface area (Å²) in [7, 11) is 0. The van der Waals surface area contributed by atoms with Crippen LogP contribution in [-0.4, -0.2) is 31.8 Å². The van der Waals surface area contributed by atoms with Gasteiger partial charge in [-0.2, -0.15) is 0 Å². The summed E-state index contributed by atoms with van der Waals surface area (Å²) in [5, 5.41) is 0. The minimum atomic E-state index is -1.09. The van der Waals surface area contributed by atoms with Gasteiger partial charge < -0.3 is 5.73 Å². The Morgan fingerprint density at radius 1 is 0.900 bits per heavy atom. The van der Waals surface area contributed by atoms with E-state index in [4.69, 9.17) is 5.73 Å². The Bertz CT molecular complexity index is 593. The van der Waals surface area contributed by atoms with Gasteiger partial charge in [-0.1, -0.05) is 0 Å². The van der Waals surface area contributed by atoms with Gasteiger partial charge in [0.2, 0.25) is 0 Å². The van der Waals surface area contributed by atoms with Crippen molar-refractivity contribution in [2.45, 2.75) is 13.8 Å². The molecule has 0 unspecified atom stereocenters. The lowest BCUT2D eigenvalue weighted by atomic mass is 10.3. The van der Waals surface area contributed by atoms with Gasteiger partial charge in [-0.3, -0.25) is 14.5 Å². The minimum absolute atomic E-state index is 0.312. The number of hydrogen-bond acceptors (Lipinski definition) is 6. The molecule has 0 aliphatic carbocycles. The van der Waals surface area contributed by atoms with E-state index in [1.807, 2.05) is 0 Å². The highest BCUT2D eigenvalue weighted by atomic mass is 16.2. The number of carbonyl (C=O) groups is 2. The molecule has 2 aromatic rings. The summed E-state index contributed by atoms with van der Waals surface area (Å²) in [6, 6.07) is 0. The zero-order valence-corrected chi connectivity index (χ0v) is 10.9. The molecule has 2 aromatic heterocycles. The molecule has 0 aromatic carbocycles. The molecule has 0 radical (unpaired) electrons. The van der Waals surface area contributed by atoms with E-state index in [0.717, 1.165) is 4.90 Å². The third-order valence-corrected chi connectivity index (χ3v) is 2.46. The van der Waals surface area contributed by atoms with Crippen LogP contribution in [0, 0.1) is 13.8 Å². The zero-order valence-electron chi connectivity index (χ0n) is 10.9. The minimum Gasteiger partial charge on any atom is -0.361 e. The van der Waals surface area contributed by atoms with E-state index in [-0.39, 0.29) is 0 Å². The lowest BCUT2D eigenvalue weighted by Gasteiger charge is -2.19. The van der Waals surface area contributed by atoms with Crippen LogP contribution in [0.25, 0.3) is 0 Å². The molecule has 0 fully saturated rings. The molecule has 102 valence electrons. The van der Waals surface area contributed by atoms with Crippen molar-refractivity contribution in [2.24, 2.45) is 5.73 Å². The number of aromatic nitrogens is 4. The van der Waals surface area contributed by atoms with Gasteiger partial charge in [-0.05, 0) is 13.8 Å². The molecular formula is C12H12N6O2. The molecule has 0 saturated carbocycles. The van der Waals surface area contributed by atoms with Gasteiger partial charge in [-0.25, -0.2) is 19.9 Å². The van der Waals surface area contributed by atoms with Crippen LogP contribution in [0.1, 0.15) is 11.6 Å². The van der Waals surface area contributed by atoms with Gasteiger partial charge in [0, 0.05) is 0 Å². The lowest BCUT2D eigenvalue weighted by molar-refractivity contribution is -0.135. The predicted molar refractivity (Wildman–Crippen MR) is 69.9 cm³/mol. The molecule has 2 N–H and O–H groups in total. The predicted octanol–water partition coefficient (Wildman–Crippen LogP) is 0.0334. The van der Waals surface area contributed by atoms with E-state index in [9.17, 15) is 9.59 Å². The Hall–Kier alpha value is -2.90. The molecule has 8 nitrogen and oxygen atoms in total. The van der Waals surface area contributed by atoms with Gasteiger partial charge in [0.15, 0.2) is 0 Å². The third-order valence-electron chi connectivity index (χ3n) is 2.46. The number of aryl methyl sites for hydroxylation is 2. The number of nitrogens with two attached hydrogens (primary N) is 1. The summed E-state index contributed by atoms with van der Waals surface area (Å²) < 4.78 is 0. The maximum absolute atomic E-state index is 12.0. The van der Waals surface area contributed by atoms with Crippen LogP contribution in [0.3, 0.4) is 0 Å². The fraction of sp³-hybridized carbons (Fsp3) is 0.167. The molecule has 0 aliphatic rings. The number of nitrogens with zero attached hydrogens (tertiary/aromatic N) is 5. The third kappa shape index (κ3) is 2.74. The fourth-order valence-corrected chi connectivity index (χ4v) is 1.50. The topological polar surface area (TPSA) is 115 Å². The summed E-state index contributed by atoms with van der Waals surface area (Å²) in [6.45, 7) is 3.41. The van der Waals surface area contributed by atoms with Gasteiger partial charge in [0.05, 0.1) is 36.2 Å². The Kier molecular flexibility index (Phi) is 3.65. The van der Waals surface area contributed by atoms with Crippen molar-refractivity contribution in [3.05, 3.63) is 36.4 Å². The van der Waals surface area contributed by atoms with E-state index in [1.54, 1.807) is 13.8 Å². The normalized spacial score (nSPS) is 10.1. The molecule has 0 aliphatic heterocycles. The first-order chi connectivity index (χ1) is 9.49. The van der Waals surface area contributed by atoms with E-state index < -0.39 is 11.8 Å². The second-order valence-corrected chi connectivity index (χ2v) is 3.98. The van der Waals surface area contributed by atoms with Crippen molar-refractivity contribution in [1.29, 1.82) is 0 Å². The SMILES string of the molecule is Cc1ncc(N(C(=O)C(N)=O)c2cnc(C)nc2)cn1. The first kappa shape index (κ1) is 13.5. The highest BCUT2D eigenvalue weighted by molar-refractivity contribution is 6.41. The summed E-state index contributed by atoms with van der Waals surface area (Å²) in [5.41, 5.74) is 5.68. The summed E-state index contributed by atoms with van der Waals surface area (Å²) in [6.07, 6.45) is 5.68. The number of rotatable bonds is 2. The van der Waals surface area contributed by atoms with Gasteiger partial charge in [0.25, 0.3) is 0 Å². The van der Waals surface area contributed by atoms with Crippen molar-refractivity contribution < 1.29 is 9.59 Å². The van der Waals surface area contributed by atoms with Crippen LogP contribution in [-0.2, 0) is 9.59 Å². The fourth-order valence-electron chi connectivity index (χ4n) is 1.50. The highest BCUT2D eigenvalue weighted by Crippen LogP contribution is 2.22. The number of amides is 2. The van der Waals surface area contributed by atoms with E-state index in [0.29, 0.717) is 23.0 Å². The van der Waals surface area contributed by atoms with E-state index in [1.165, 1.54) is 24.8 Å². The smallest absolute Gasteiger partial charge is 0.320 e. The zero-order chi connectivity index (χ0) is 14.7. The van der Waals surface area contributed by atoms with Crippen LogP contribution >= 0.6 is 0 Å². The van der Waals surface area contributed by atoms with Crippen molar-refractivity contribution in [1.82, 2.24) is 19.9 Å². The van der Waals surface area contributed by atoms with Crippen molar-refractivity contribution in [3.8, 4) is 0 Å². The van der Waals surface area contributed by atoms with Crippen molar-refractivity contribution in [2.75, 3.05) is 4.90 Å². The summed E-state index contributed by atoms with van der Waals surface area (Å²) in [5.74, 6) is -0.920. The number of hydrogen-bond donors (Lipinski definition) is 1. The van der Waals surface area contributed by atoms with Crippen molar-refractivity contribution >= 4 is 23.2 Å². The maximum atomic E-state index is 12.0. The van der Waals surface area contributed by atoms with Crippen LogP contribution in [0.4, 0.5) is 11.4 Å². The number of anilines is 2. The average molecular weight is 272 g/mol. The highest BCUT2D eigenvalue weighted by Gasteiger charge is 2.23. The van der Waals surface area contributed by atoms with Crippen LogP contribution in [0.5, 0.6) is 0 Å². The second-order valence-electron chi connectivity index (χ2n) is 3.98. The molecule has 2 heterocycles. The maximum Gasteiger partial charge on any atom is 0.320 e. The summed E-state index contributed by atoms with van der Waals surface area (Å²) in [4.78, 5) is 40.1. The molecule has 0 bridgehead atoms. The Morgan fingerprint density at radius 3 is 1.55 bits per heavy atom. The molecule has 2 rings (SSSR count). The number of primary amides is 1. The number of carbonyl (C=O) groups excluding carboxylic acids is 2. The van der Waals surface area contributed by atoms with Crippen LogP contribution in [0.15, 0.2) is 24.8 Å². The van der Waals surface area contributed by atoms with E-state index in [2.05, 4.69) is 19.9 Å². The first-order valence-corrected chi connectivity index (χ1v) is 5.70. The summed E-state index contributed by atoms with van der Waals surface area (Å²) >= 11 is 0. The Balaban J connectivity index is 2.49. The largest absolute Gasteiger partial charge is 0.361 e. The Labute approximate surface area is 114 Å². The van der Waals surface area contributed by atoms with Gasteiger partial charge in [-0.15, -0.1) is 0 Å². The molecule has 0 spiro atoms. The standard InChI is InChI=1S/C12H12N6O2/c1-7-14-3-9(4-15-7)18(12(20)11(13)19)10-5-16-8(2)17-6-10/h3-6H,1-2H3,(H2,13,19). The lowest BCUT2D eigenvalue weighted by Crippen LogP contribution is -2.37. The average Bonchev–Trinajstić information content (AvgIpc) is 2.43. The first-order valence-electron chi connectivity index (χ1n) is 5.70. The monoisotopic (exact) mass is 272 g/mol. The molecule has 20 heavy (non-hydrogen) atoms. The van der Waals surface area contributed by atoms with Gasteiger partial charge >= 0.3 is 11.8 Å². The van der Waals surface area contributed by atoms with E-state index >= 15 is 0 Å². The van der Waals surface area contributed by atoms with Gasteiger partial charge in [0.1, 0.15) is 11.6 Å². The van der Waals surface area contributed by atoms with Crippen molar-refractivity contribution in [3.63, 3.8) is 0 Å². The molecule has 2 amide bonds. The Morgan fingerprint density at radius 2 is 1.25 bits per heavy atom. The molecule has 0 saturated heterocycles. The molecular weight excluding hydrogens is 260 g/mol. The van der Waals surface area contributed by atoms with Crippen LogP contribution in [0.2, 0.25) is 0 Å². The van der Waals surface area contributed by atoms with Crippen LogP contribution < -0.4 is 10.6 Å².